The summed E-state index contributed by atoms with van der Waals surface area (Å²) in [5, 5.41) is 0.966. The van der Waals surface area contributed by atoms with E-state index in [1.54, 1.807) is 30.6 Å². The molecule has 98 valence electrons. The van der Waals surface area contributed by atoms with Crippen LogP contribution < -0.4 is 0 Å². The average molecular weight is 294 g/mol. The van der Waals surface area contributed by atoms with Gasteiger partial charge in [-0.05, 0) is 35.7 Å². The van der Waals surface area contributed by atoms with E-state index in [-0.39, 0.29) is 5.78 Å². The Kier molecular flexibility index (Phi) is 4.56. The highest BCUT2D eigenvalue weighted by atomic mass is 35.5. The summed E-state index contributed by atoms with van der Waals surface area (Å²) < 4.78 is 0. The molecule has 0 bridgehead atoms. The van der Waals surface area contributed by atoms with E-state index in [1.807, 2.05) is 13.0 Å². The largest absolute Gasteiger partial charge is 0.294 e. The smallest absolute Gasteiger partial charge is 0.167 e. The van der Waals surface area contributed by atoms with Gasteiger partial charge in [-0.3, -0.25) is 9.78 Å². The third-order valence-corrected chi connectivity index (χ3v) is 3.67. The van der Waals surface area contributed by atoms with Gasteiger partial charge in [0.1, 0.15) is 0 Å². The number of carbonyl (C=O) groups excluding carboxylic acids is 1. The van der Waals surface area contributed by atoms with Gasteiger partial charge in [0.05, 0.1) is 10.0 Å². The molecule has 0 N–H and O–H groups in total. The maximum absolute atomic E-state index is 12.3. The van der Waals surface area contributed by atoms with E-state index >= 15 is 0 Å². The van der Waals surface area contributed by atoms with Crippen LogP contribution in [0.25, 0.3) is 0 Å². The van der Waals surface area contributed by atoms with Gasteiger partial charge in [-0.25, -0.2) is 0 Å². The maximum atomic E-state index is 12.3. The minimum absolute atomic E-state index is 0.0673. The number of pyridine rings is 1. The quantitative estimate of drug-likeness (QED) is 0.783. The van der Waals surface area contributed by atoms with Crippen LogP contribution in [0.1, 0.15) is 28.4 Å². The molecule has 2 aromatic rings. The van der Waals surface area contributed by atoms with Crippen molar-refractivity contribution in [3.05, 3.63) is 63.4 Å². The molecule has 2 nitrogen and oxygen atoms in total. The lowest BCUT2D eigenvalue weighted by atomic mass is 9.99. The van der Waals surface area contributed by atoms with E-state index in [4.69, 9.17) is 23.2 Å². The zero-order valence-electron chi connectivity index (χ0n) is 10.5. The van der Waals surface area contributed by atoms with Crippen LogP contribution in [0.2, 0.25) is 10.0 Å². The molecule has 19 heavy (non-hydrogen) atoms. The first kappa shape index (κ1) is 14.0. The fraction of sp³-hybridized carbons (Fsp3) is 0.200. The molecular formula is C15H13Cl2NO. The van der Waals surface area contributed by atoms with Crippen molar-refractivity contribution in [2.24, 2.45) is 0 Å². The Balaban J connectivity index is 2.23. The van der Waals surface area contributed by atoms with Crippen molar-refractivity contribution in [2.75, 3.05) is 0 Å². The standard InChI is InChI=1S/C15H13Cl2NO/c1-2-11-9-18-6-5-12(11)15(19)8-10-3-4-13(16)14(17)7-10/h3-7,9H,2,8H2,1H3. The maximum Gasteiger partial charge on any atom is 0.167 e. The van der Waals surface area contributed by atoms with E-state index in [2.05, 4.69) is 4.98 Å². The number of hydrogen-bond acceptors (Lipinski definition) is 2. The molecule has 0 amide bonds. The Morgan fingerprint density at radius 1 is 1.21 bits per heavy atom. The van der Waals surface area contributed by atoms with E-state index in [1.165, 1.54) is 0 Å². The normalized spacial score (nSPS) is 10.5. The molecule has 2 rings (SSSR count). The first-order valence-corrected chi connectivity index (χ1v) is 6.77. The molecule has 0 saturated heterocycles. The fourth-order valence-corrected chi connectivity index (χ4v) is 2.23. The zero-order valence-corrected chi connectivity index (χ0v) is 12.0. The van der Waals surface area contributed by atoms with Crippen LogP contribution in [0.15, 0.2) is 36.7 Å². The van der Waals surface area contributed by atoms with Crippen molar-refractivity contribution in [3.8, 4) is 0 Å². The molecule has 0 aliphatic rings. The lowest BCUT2D eigenvalue weighted by molar-refractivity contribution is 0.0992. The van der Waals surface area contributed by atoms with Gasteiger partial charge in [-0.1, -0.05) is 36.2 Å². The van der Waals surface area contributed by atoms with Crippen molar-refractivity contribution >= 4 is 29.0 Å². The highest BCUT2D eigenvalue weighted by Gasteiger charge is 2.11. The Labute approximate surface area is 122 Å². The zero-order chi connectivity index (χ0) is 13.8. The van der Waals surface area contributed by atoms with Crippen LogP contribution in [0, 0.1) is 0 Å². The SMILES string of the molecule is CCc1cnccc1C(=O)Cc1ccc(Cl)c(Cl)c1. The number of aromatic nitrogens is 1. The van der Waals surface area contributed by atoms with Crippen molar-refractivity contribution in [1.82, 2.24) is 4.98 Å². The van der Waals surface area contributed by atoms with Gasteiger partial charge in [0.25, 0.3) is 0 Å². The first-order chi connectivity index (χ1) is 9.11. The van der Waals surface area contributed by atoms with Crippen molar-refractivity contribution in [3.63, 3.8) is 0 Å². The van der Waals surface area contributed by atoms with Crippen LogP contribution in [0.4, 0.5) is 0 Å². The number of ketones is 1. The number of aryl methyl sites for hydroxylation is 1. The molecule has 1 heterocycles. The predicted molar refractivity (Wildman–Crippen MR) is 78.1 cm³/mol. The molecule has 0 unspecified atom stereocenters. The minimum atomic E-state index is 0.0673. The van der Waals surface area contributed by atoms with E-state index < -0.39 is 0 Å². The number of hydrogen-bond donors (Lipinski definition) is 0. The Morgan fingerprint density at radius 2 is 2.00 bits per heavy atom. The van der Waals surface area contributed by atoms with Crippen LogP contribution in [0.3, 0.4) is 0 Å². The van der Waals surface area contributed by atoms with E-state index in [0.717, 1.165) is 23.1 Å². The van der Waals surface area contributed by atoms with Gasteiger partial charge in [-0.15, -0.1) is 0 Å². The summed E-state index contributed by atoms with van der Waals surface area (Å²) in [6, 6.07) is 7.02. The highest BCUT2D eigenvalue weighted by Crippen LogP contribution is 2.23. The van der Waals surface area contributed by atoms with Crippen LogP contribution in [-0.4, -0.2) is 10.8 Å². The monoisotopic (exact) mass is 293 g/mol. The third kappa shape index (κ3) is 3.34. The second-order valence-corrected chi connectivity index (χ2v) is 5.05. The molecule has 0 fully saturated rings. The second kappa shape index (κ2) is 6.18. The summed E-state index contributed by atoms with van der Waals surface area (Å²) in [4.78, 5) is 16.3. The van der Waals surface area contributed by atoms with Crippen molar-refractivity contribution < 1.29 is 4.79 Å². The molecular weight excluding hydrogens is 281 g/mol. The molecule has 0 aliphatic carbocycles. The highest BCUT2D eigenvalue weighted by molar-refractivity contribution is 6.42. The third-order valence-electron chi connectivity index (χ3n) is 2.93. The van der Waals surface area contributed by atoms with Crippen LogP contribution in [-0.2, 0) is 12.8 Å². The van der Waals surface area contributed by atoms with Gasteiger partial charge in [0.2, 0.25) is 0 Å². The topological polar surface area (TPSA) is 30.0 Å². The van der Waals surface area contributed by atoms with Crippen molar-refractivity contribution in [1.29, 1.82) is 0 Å². The Bertz CT molecular complexity index is 611. The number of carbonyl (C=O) groups is 1. The molecule has 0 saturated carbocycles. The lowest BCUT2D eigenvalue weighted by Crippen LogP contribution is -2.07. The minimum Gasteiger partial charge on any atom is -0.294 e. The Hall–Kier alpha value is -1.38. The summed E-state index contributed by atoms with van der Waals surface area (Å²) in [5.41, 5.74) is 2.55. The molecule has 0 spiro atoms. The average Bonchev–Trinajstić information content (AvgIpc) is 2.43. The lowest BCUT2D eigenvalue weighted by Gasteiger charge is -2.07. The number of Topliss-reactive ketones (excluding diaryl/α,β-unsaturated/α-hetero) is 1. The number of rotatable bonds is 4. The van der Waals surface area contributed by atoms with Crippen molar-refractivity contribution in [2.45, 2.75) is 19.8 Å². The molecule has 4 heteroatoms. The van der Waals surface area contributed by atoms with E-state index in [9.17, 15) is 4.79 Å². The van der Waals surface area contributed by atoms with Gasteiger partial charge < -0.3 is 0 Å². The summed E-state index contributed by atoms with van der Waals surface area (Å²) >= 11 is 11.8. The van der Waals surface area contributed by atoms with Gasteiger partial charge in [-0.2, -0.15) is 0 Å². The Morgan fingerprint density at radius 3 is 2.68 bits per heavy atom. The predicted octanol–water partition coefficient (Wildman–Crippen LogP) is 4.38. The summed E-state index contributed by atoms with van der Waals surface area (Å²) in [5.74, 6) is 0.0673. The molecule has 1 aromatic heterocycles. The second-order valence-electron chi connectivity index (χ2n) is 4.23. The van der Waals surface area contributed by atoms with Gasteiger partial charge in [0, 0.05) is 24.4 Å². The van der Waals surface area contributed by atoms with Gasteiger partial charge in [0.15, 0.2) is 5.78 Å². The van der Waals surface area contributed by atoms with Gasteiger partial charge >= 0.3 is 0 Å². The number of benzene rings is 1. The summed E-state index contributed by atoms with van der Waals surface area (Å²) in [6.45, 7) is 2.01. The summed E-state index contributed by atoms with van der Waals surface area (Å²) in [7, 11) is 0. The van der Waals surface area contributed by atoms with Crippen LogP contribution >= 0.6 is 23.2 Å². The molecule has 0 atom stereocenters. The fourth-order valence-electron chi connectivity index (χ4n) is 1.91. The molecule has 0 aliphatic heterocycles. The number of nitrogens with zero attached hydrogens (tertiary/aromatic N) is 1. The summed E-state index contributed by atoms with van der Waals surface area (Å²) in [6.07, 6.45) is 4.48. The molecule has 1 aromatic carbocycles. The first-order valence-electron chi connectivity index (χ1n) is 6.01. The van der Waals surface area contributed by atoms with Crippen LogP contribution in [0.5, 0.6) is 0 Å². The number of halogens is 2. The molecule has 0 radical (unpaired) electrons. The van der Waals surface area contributed by atoms with E-state index in [0.29, 0.717) is 16.5 Å².